The van der Waals surface area contributed by atoms with Gasteiger partial charge in [-0.3, -0.25) is 9.67 Å². The Labute approximate surface area is 206 Å². The molecule has 1 aromatic heterocycles. The number of para-hydroxylation sites is 2. The lowest BCUT2D eigenvalue weighted by Gasteiger charge is -2.34. The van der Waals surface area contributed by atoms with E-state index in [9.17, 15) is 0 Å². The standard InChI is InChI=1S/C24H29N5O2.HI/c1-18-8-4-6-10-21(18)31-22-11-7-5-9-19(22)14-26-24(25-2)29-12-13-30-23(17-29)20-15-27-28(3)16-20;/h4-11,15-16,23H,12-14,17H2,1-3H3,(H,25,26);1H. The molecule has 0 radical (unpaired) electrons. The van der Waals surface area contributed by atoms with E-state index in [2.05, 4.69) is 39.4 Å². The summed E-state index contributed by atoms with van der Waals surface area (Å²) in [4.78, 5) is 6.73. The van der Waals surface area contributed by atoms with Gasteiger partial charge >= 0.3 is 0 Å². The van der Waals surface area contributed by atoms with Crippen LogP contribution in [0.5, 0.6) is 11.5 Å². The normalized spacial score (nSPS) is 16.4. The largest absolute Gasteiger partial charge is 0.457 e. The van der Waals surface area contributed by atoms with Crippen LogP contribution in [0.2, 0.25) is 0 Å². The van der Waals surface area contributed by atoms with Gasteiger partial charge in [0, 0.05) is 44.5 Å². The molecule has 170 valence electrons. The van der Waals surface area contributed by atoms with Gasteiger partial charge in [-0.15, -0.1) is 24.0 Å². The number of rotatable bonds is 5. The quantitative estimate of drug-likeness (QED) is 0.294. The molecule has 7 nitrogen and oxygen atoms in total. The number of ether oxygens (including phenoxy) is 2. The van der Waals surface area contributed by atoms with E-state index in [-0.39, 0.29) is 30.1 Å². The van der Waals surface area contributed by atoms with Crippen LogP contribution in [0.15, 0.2) is 65.9 Å². The monoisotopic (exact) mass is 547 g/mol. The molecule has 1 fully saturated rings. The maximum Gasteiger partial charge on any atom is 0.194 e. The first kappa shape index (κ1) is 24.1. The lowest BCUT2D eigenvalue weighted by molar-refractivity contribution is -0.00805. The maximum absolute atomic E-state index is 6.21. The third-order valence-electron chi connectivity index (χ3n) is 5.40. The second kappa shape index (κ2) is 11.3. The van der Waals surface area contributed by atoms with E-state index in [1.54, 1.807) is 4.68 Å². The minimum Gasteiger partial charge on any atom is -0.457 e. The molecule has 0 amide bonds. The number of aliphatic imine (C=N–C) groups is 1. The predicted molar refractivity (Wildman–Crippen MR) is 137 cm³/mol. The highest BCUT2D eigenvalue weighted by Gasteiger charge is 2.25. The molecule has 1 saturated heterocycles. The fraction of sp³-hybridized carbons (Fsp3) is 0.333. The molecule has 0 spiro atoms. The summed E-state index contributed by atoms with van der Waals surface area (Å²) in [6.45, 7) is 4.83. The Morgan fingerprint density at radius 3 is 2.66 bits per heavy atom. The van der Waals surface area contributed by atoms with Gasteiger partial charge in [0.25, 0.3) is 0 Å². The minimum atomic E-state index is -0.0160. The van der Waals surface area contributed by atoms with E-state index >= 15 is 0 Å². The Morgan fingerprint density at radius 2 is 1.94 bits per heavy atom. The third-order valence-corrected chi connectivity index (χ3v) is 5.40. The molecule has 1 unspecified atom stereocenters. The van der Waals surface area contributed by atoms with Crippen LogP contribution in [-0.2, 0) is 18.3 Å². The topological polar surface area (TPSA) is 63.9 Å². The number of nitrogens with one attached hydrogen (secondary N) is 1. The molecule has 3 aromatic rings. The second-order valence-electron chi connectivity index (χ2n) is 7.63. The highest BCUT2D eigenvalue weighted by atomic mass is 127. The number of halogens is 1. The zero-order valence-electron chi connectivity index (χ0n) is 18.7. The number of hydrogen-bond donors (Lipinski definition) is 1. The van der Waals surface area contributed by atoms with Crippen LogP contribution in [0.3, 0.4) is 0 Å². The summed E-state index contributed by atoms with van der Waals surface area (Å²) in [5.74, 6) is 2.56. The van der Waals surface area contributed by atoms with Crippen LogP contribution >= 0.6 is 24.0 Å². The molecule has 1 atom stereocenters. The molecule has 1 aliphatic heterocycles. The molecule has 4 rings (SSSR count). The first-order valence-electron chi connectivity index (χ1n) is 10.5. The Bertz CT molecular complexity index is 1050. The smallest absolute Gasteiger partial charge is 0.194 e. The van der Waals surface area contributed by atoms with Crippen LogP contribution in [0.4, 0.5) is 0 Å². The Balaban J connectivity index is 0.00000289. The van der Waals surface area contributed by atoms with Gasteiger partial charge in [0.15, 0.2) is 5.96 Å². The molecule has 0 aliphatic carbocycles. The van der Waals surface area contributed by atoms with E-state index in [0.717, 1.165) is 47.2 Å². The van der Waals surface area contributed by atoms with Gasteiger partial charge in [0.05, 0.1) is 19.3 Å². The average Bonchev–Trinajstić information content (AvgIpc) is 3.23. The van der Waals surface area contributed by atoms with Crippen molar-refractivity contribution in [3.05, 3.63) is 77.6 Å². The van der Waals surface area contributed by atoms with Crippen molar-refractivity contribution in [2.45, 2.75) is 19.6 Å². The molecule has 2 heterocycles. The second-order valence-corrected chi connectivity index (χ2v) is 7.63. The van der Waals surface area contributed by atoms with E-state index in [1.807, 2.05) is 62.9 Å². The number of aryl methyl sites for hydroxylation is 2. The molecular formula is C24H30IN5O2. The van der Waals surface area contributed by atoms with Crippen molar-refractivity contribution in [2.75, 3.05) is 26.7 Å². The van der Waals surface area contributed by atoms with Gasteiger partial charge in [-0.2, -0.15) is 5.10 Å². The van der Waals surface area contributed by atoms with Crippen molar-refractivity contribution in [1.82, 2.24) is 20.0 Å². The fourth-order valence-corrected chi connectivity index (χ4v) is 3.70. The van der Waals surface area contributed by atoms with E-state index in [1.165, 1.54) is 0 Å². The third kappa shape index (κ3) is 5.80. The molecule has 1 N–H and O–H groups in total. The fourth-order valence-electron chi connectivity index (χ4n) is 3.70. The number of guanidine groups is 1. The molecule has 2 aromatic carbocycles. The first-order chi connectivity index (χ1) is 15.1. The summed E-state index contributed by atoms with van der Waals surface area (Å²) < 4.78 is 14.0. The molecule has 0 bridgehead atoms. The highest BCUT2D eigenvalue weighted by Crippen LogP contribution is 2.28. The molecule has 32 heavy (non-hydrogen) atoms. The van der Waals surface area contributed by atoms with Gasteiger partial charge in [0.2, 0.25) is 0 Å². The van der Waals surface area contributed by atoms with E-state index in [4.69, 9.17) is 9.47 Å². The van der Waals surface area contributed by atoms with Crippen molar-refractivity contribution in [3.63, 3.8) is 0 Å². The van der Waals surface area contributed by atoms with Gasteiger partial charge < -0.3 is 19.7 Å². The highest BCUT2D eigenvalue weighted by molar-refractivity contribution is 14.0. The van der Waals surface area contributed by atoms with Crippen molar-refractivity contribution < 1.29 is 9.47 Å². The van der Waals surface area contributed by atoms with Crippen molar-refractivity contribution in [1.29, 1.82) is 0 Å². The Kier molecular flexibility index (Phi) is 8.52. The average molecular weight is 547 g/mol. The summed E-state index contributed by atoms with van der Waals surface area (Å²) in [6, 6.07) is 16.1. The summed E-state index contributed by atoms with van der Waals surface area (Å²) in [5.41, 5.74) is 3.26. The zero-order chi connectivity index (χ0) is 21.6. The van der Waals surface area contributed by atoms with Crippen LogP contribution in [0, 0.1) is 6.92 Å². The van der Waals surface area contributed by atoms with Crippen LogP contribution < -0.4 is 10.1 Å². The van der Waals surface area contributed by atoms with E-state index < -0.39 is 0 Å². The molecular weight excluding hydrogens is 517 g/mol. The molecule has 1 aliphatic rings. The molecule has 8 heteroatoms. The Morgan fingerprint density at radius 1 is 1.19 bits per heavy atom. The summed E-state index contributed by atoms with van der Waals surface area (Å²) in [7, 11) is 3.73. The van der Waals surface area contributed by atoms with Gasteiger partial charge in [-0.05, 0) is 24.6 Å². The summed E-state index contributed by atoms with van der Waals surface area (Å²) >= 11 is 0. The maximum atomic E-state index is 6.21. The summed E-state index contributed by atoms with van der Waals surface area (Å²) in [6.07, 6.45) is 3.85. The van der Waals surface area contributed by atoms with Crippen LogP contribution in [0.1, 0.15) is 22.8 Å². The first-order valence-corrected chi connectivity index (χ1v) is 10.5. The number of benzene rings is 2. The number of aromatic nitrogens is 2. The predicted octanol–water partition coefficient (Wildman–Crippen LogP) is 4.29. The number of nitrogens with zero attached hydrogens (tertiary/aromatic N) is 4. The van der Waals surface area contributed by atoms with Crippen molar-refractivity contribution >= 4 is 29.9 Å². The number of morpholine rings is 1. The SMILES string of the molecule is CN=C(NCc1ccccc1Oc1ccccc1C)N1CCOC(c2cnn(C)c2)C1.I. The van der Waals surface area contributed by atoms with E-state index in [0.29, 0.717) is 13.2 Å². The van der Waals surface area contributed by atoms with Crippen LogP contribution in [-0.4, -0.2) is 47.4 Å². The van der Waals surface area contributed by atoms with Gasteiger partial charge in [-0.25, -0.2) is 0 Å². The zero-order valence-corrected chi connectivity index (χ0v) is 21.0. The van der Waals surface area contributed by atoms with Crippen LogP contribution in [0.25, 0.3) is 0 Å². The number of hydrogen-bond acceptors (Lipinski definition) is 4. The lowest BCUT2D eigenvalue weighted by Crippen LogP contribution is -2.47. The summed E-state index contributed by atoms with van der Waals surface area (Å²) in [5, 5.41) is 7.76. The van der Waals surface area contributed by atoms with Gasteiger partial charge in [-0.1, -0.05) is 36.4 Å². The van der Waals surface area contributed by atoms with Crippen molar-refractivity contribution in [3.8, 4) is 11.5 Å². The van der Waals surface area contributed by atoms with Crippen molar-refractivity contribution in [2.24, 2.45) is 12.0 Å². The Hall–Kier alpha value is -2.59. The minimum absolute atomic E-state index is 0. The molecule has 0 saturated carbocycles. The van der Waals surface area contributed by atoms with Gasteiger partial charge in [0.1, 0.15) is 17.6 Å². The lowest BCUT2D eigenvalue weighted by atomic mass is 10.1.